The van der Waals surface area contributed by atoms with Gasteiger partial charge in [-0.15, -0.1) is 0 Å². The molecule has 12 N–H and O–H groups in total. The SMILES string of the molecule is CCOC(=O)c1ccc(B(O)O)cc1.CCOC(=O)c1ccc(C2=Nc3ccccc3Oc3ncccc32)cc1.ClC1=Nc2ccccc2Oc2ncccc21.Nc1ccccc1O.O=C(Cl)c1cccnc1Cl.O=C(NO)c1ccc(C2=Nc3ccccc3Nc3ncccc32)cc1.O=C(Nc1ccccc1O)c1cccnc1Cl.O=C1Nc2ccccc2Oc2ccccc21.[2H]CF.[Na+].[OH-]. The van der Waals surface area contributed by atoms with Gasteiger partial charge in [-0.25, -0.2) is 55.0 Å². The molecule has 136 heavy (non-hydrogen) atoms. The van der Waals surface area contributed by atoms with E-state index in [4.69, 9.17) is 108 Å². The van der Waals surface area contributed by atoms with Crippen LogP contribution in [0.25, 0.3) is 0 Å². The van der Waals surface area contributed by atoms with Crippen molar-refractivity contribution < 1.29 is 119 Å². The number of aliphatic imine (C=N–C) groups is 3. The number of ether oxygens (including phenoxy) is 5. The zero-order valence-corrected chi connectivity index (χ0v) is 77.2. The number of nitrogens with two attached hydrogens (primary N) is 1. The number of fused-ring (bicyclic) bond motifs is 8. The number of rotatable bonds is 11. The van der Waals surface area contributed by atoms with Gasteiger partial charge in [0.25, 0.3) is 23.0 Å². The third-order valence-corrected chi connectivity index (χ3v) is 19.6. The number of nitrogens with one attached hydrogen (secondary N) is 4. The fourth-order valence-electron chi connectivity index (χ4n) is 12.1. The van der Waals surface area contributed by atoms with E-state index in [1.807, 2.05) is 152 Å². The maximum absolute atomic E-state index is 11.9. The van der Waals surface area contributed by atoms with Crippen molar-refractivity contribution in [2.24, 2.45) is 15.0 Å². The van der Waals surface area contributed by atoms with Crippen molar-refractivity contribution in [3.63, 3.8) is 0 Å². The zero-order chi connectivity index (χ0) is 96.1. The molecule has 5 aromatic heterocycles. The van der Waals surface area contributed by atoms with Crippen LogP contribution >= 0.6 is 46.4 Å². The van der Waals surface area contributed by atoms with Crippen molar-refractivity contribution in [1.82, 2.24) is 30.4 Å². The third kappa shape index (κ3) is 28.8. The number of phenolic OH excluding ortho intramolecular Hbond substituents is 2. The van der Waals surface area contributed by atoms with Gasteiger partial charge in [0.05, 0.1) is 101 Å². The first-order valence-corrected chi connectivity index (χ1v) is 41.7. The number of alkyl halides is 1. The molecular weight excluding hydrogens is 1840 g/mol. The number of hydroxylamine groups is 1. The maximum Gasteiger partial charge on any atom is 1.00 e. The summed E-state index contributed by atoms with van der Waals surface area (Å²) >= 11 is 22.5. The zero-order valence-electron chi connectivity index (χ0n) is 73.2. The number of nitrogen functional groups attached to an aromatic ring is 1. The molecule has 9 heterocycles. The van der Waals surface area contributed by atoms with Gasteiger partial charge in [-0.3, -0.25) is 28.8 Å². The van der Waals surface area contributed by atoms with Crippen LogP contribution in [0, 0.1) is 0 Å². The van der Waals surface area contributed by atoms with E-state index in [1.54, 1.807) is 153 Å². The Labute approximate surface area is 822 Å². The molecule has 30 nitrogen and oxygen atoms in total. The maximum atomic E-state index is 11.9. The van der Waals surface area contributed by atoms with Gasteiger partial charge in [0.15, 0.2) is 17.2 Å². The van der Waals surface area contributed by atoms with E-state index in [1.165, 1.54) is 48.8 Å². The molecular formula is C99H80BCl4FN13NaO17. The molecule has 0 saturated heterocycles. The quantitative estimate of drug-likeness (QED) is 0.00840. The van der Waals surface area contributed by atoms with Crippen LogP contribution in [-0.4, -0.2) is 135 Å². The smallest absolute Gasteiger partial charge is 0.870 e. The number of anilines is 5. The monoisotopic (exact) mass is 1920 g/mol. The van der Waals surface area contributed by atoms with Crippen LogP contribution in [0.5, 0.6) is 46.3 Å². The van der Waals surface area contributed by atoms with Crippen molar-refractivity contribution in [2.45, 2.75) is 13.8 Å². The number of nitrogens with zero attached hydrogens (tertiary/aromatic N) is 8. The van der Waals surface area contributed by atoms with Crippen LogP contribution < -0.4 is 76.4 Å². The largest absolute Gasteiger partial charge is 1.00 e. The Hall–Kier alpha value is -15.4. The molecule has 0 fully saturated rings. The predicted molar refractivity (Wildman–Crippen MR) is 516 cm³/mol. The van der Waals surface area contributed by atoms with Gasteiger partial charge in [-0.05, 0) is 213 Å². The topological polar surface area (TPSA) is 455 Å². The van der Waals surface area contributed by atoms with Crippen molar-refractivity contribution in [3.05, 3.63) is 406 Å². The summed E-state index contributed by atoms with van der Waals surface area (Å²) < 4.78 is 42.6. The molecule has 37 heteroatoms. The fraction of sp³-hybridized carbons (Fsp3) is 0.0505. The Morgan fingerprint density at radius 1 is 0.463 bits per heavy atom. The minimum atomic E-state index is -1.51. The number of benzene rings is 10. The average molecular weight is 1920 g/mol. The van der Waals surface area contributed by atoms with E-state index >= 15 is 0 Å². The van der Waals surface area contributed by atoms with Crippen molar-refractivity contribution in [1.29, 1.82) is 0 Å². The van der Waals surface area contributed by atoms with Crippen LogP contribution in [0.4, 0.5) is 50.0 Å². The van der Waals surface area contributed by atoms with Crippen molar-refractivity contribution >= 4 is 156 Å². The number of aromatic hydroxyl groups is 2. The molecule has 0 atom stereocenters. The molecule has 10 aromatic carbocycles. The molecule has 0 spiro atoms. The van der Waals surface area contributed by atoms with Gasteiger partial charge in [-0.1, -0.05) is 156 Å². The molecule has 15 aromatic rings. The molecule has 4 aliphatic heterocycles. The van der Waals surface area contributed by atoms with Crippen molar-refractivity contribution in [2.75, 3.05) is 42.1 Å². The number of hydrogen-bond acceptors (Lipinski definition) is 27. The van der Waals surface area contributed by atoms with E-state index in [-0.39, 0.29) is 79.8 Å². The number of para-hydroxylation sites is 13. The Balaban J connectivity index is 0.000000178. The third-order valence-electron chi connectivity index (χ3n) is 18.5. The van der Waals surface area contributed by atoms with E-state index in [0.717, 1.165) is 56.6 Å². The fourth-order valence-corrected chi connectivity index (χ4v) is 13.0. The summed E-state index contributed by atoms with van der Waals surface area (Å²) in [5.41, 5.74) is 19.8. The molecule has 0 saturated carbocycles. The van der Waals surface area contributed by atoms with Crippen LogP contribution in [0.3, 0.4) is 0 Å². The second-order valence-corrected chi connectivity index (χ2v) is 28.7. The minimum Gasteiger partial charge on any atom is -0.870 e. The number of amides is 3. The van der Waals surface area contributed by atoms with Gasteiger partial charge in [0.2, 0.25) is 11.8 Å². The van der Waals surface area contributed by atoms with E-state index < -0.39 is 37.3 Å². The summed E-state index contributed by atoms with van der Waals surface area (Å²) in [6.07, 6.45) is 8.07. The van der Waals surface area contributed by atoms with Gasteiger partial charge in [0, 0.05) is 53.2 Å². The first-order chi connectivity index (χ1) is 65.5. The number of carbonyl (C=O) groups excluding carboxylic acids is 6. The van der Waals surface area contributed by atoms with Crippen LogP contribution in [-0.2, 0) is 9.47 Å². The number of aromatic nitrogens is 5. The van der Waals surface area contributed by atoms with E-state index in [2.05, 4.69) is 45.9 Å². The molecule has 3 amide bonds. The predicted octanol–water partition coefficient (Wildman–Crippen LogP) is 17.2. The molecule has 19 rings (SSSR count). The minimum absolute atomic E-state index is 0. The van der Waals surface area contributed by atoms with E-state index in [0.29, 0.717) is 109 Å². The second-order valence-electron chi connectivity index (χ2n) is 27.3. The average Bonchev–Trinajstić information content (AvgIpc) is 1.63. The van der Waals surface area contributed by atoms with E-state index in [9.17, 15) is 38.3 Å². The molecule has 0 unspecified atom stereocenters. The standard InChI is InChI=1S/C21H16N2O3.C19H14N4O2.C13H9NO2.C12H9ClN2O2.C12H7ClN2O.C9H11BO4.C6H3Cl2NO.C6H7NO.CH3F.Na.H2O/c1-2-25-21(24)15-11-9-14(10-12-15)19-16-6-5-13-22-20(16)26-18-8-4-3-7-17(18)23-19;24-19(23-25)13-9-7-12(8-10-13)17-14-4-3-11-20-18(14)22-16-6-2-1-5-15(16)21-17;15-13-9-5-1-3-7-11(9)16-12-8-4-2-6-10(12)14-13;13-11-8(4-3-7-14-11)12(17)15-9-5-1-2-6-10(9)16;13-11-8-4-3-7-14-12(8)16-10-6-2-1-5-9(10)15-11;1-2-14-9(11)7-3-5-8(6-4-7)10(12)13;7-5-4(6(8)10)2-1-3-9-5;7-5-3-1-2-4-6(5)8;1-2;;/h3-13H,2H2,1H3;1-11,25H,(H,20,22)(H,23,24);1-8H,(H,14,15);1-7,16H,(H,15,17);1-7H;3-6,12-13H,2H2,1H3;1-3H;1-4,8H,7H2;1H3;;1H2/q;;;;;;;;;+1;/p-1/i;;;;;;;;1D;;. The molecule has 682 valence electrons. The number of carbonyl (C=O) groups is 6. The number of halogens is 5. The van der Waals surface area contributed by atoms with Crippen LogP contribution in [0.15, 0.2) is 349 Å². The summed E-state index contributed by atoms with van der Waals surface area (Å²) in [5.74, 6) is 2.59. The van der Waals surface area contributed by atoms with Gasteiger partial charge in [-0.2, -0.15) is 0 Å². The van der Waals surface area contributed by atoms with Crippen LogP contribution in [0.2, 0.25) is 10.3 Å². The second kappa shape index (κ2) is 52.7. The van der Waals surface area contributed by atoms with Crippen LogP contribution in [0.1, 0.15) is 105 Å². The number of phenols is 2. The summed E-state index contributed by atoms with van der Waals surface area (Å²) in [7, 11) is -2.51. The Morgan fingerprint density at radius 3 is 1.43 bits per heavy atom. The normalized spacial score (nSPS) is 11.2. The summed E-state index contributed by atoms with van der Waals surface area (Å²) in [6.45, 7) is 4.18. The van der Waals surface area contributed by atoms with Gasteiger partial charge >= 0.3 is 48.6 Å². The molecule has 0 bridgehead atoms. The summed E-state index contributed by atoms with van der Waals surface area (Å²) in [6, 6.07) is 88.1. The Morgan fingerprint density at radius 2 is 0.897 bits per heavy atom. The summed E-state index contributed by atoms with van der Waals surface area (Å²) in [5, 5.41) is 53.4. The molecule has 0 aliphatic carbocycles. The molecule has 4 aliphatic rings. The Bertz CT molecular complexity index is 6770. The first kappa shape index (κ1) is 103. The number of esters is 2. The van der Waals surface area contributed by atoms with Gasteiger partial charge in [0.1, 0.15) is 49.9 Å². The Kier molecular flexibility index (Phi) is 39.8. The number of pyridine rings is 5. The van der Waals surface area contributed by atoms with Gasteiger partial charge < -0.3 is 71.1 Å². The first-order valence-electron chi connectivity index (χ1n) is 40.9. The summed E-state index contributed by atoms with van der Waals surface area (Å²) in [4.78, 5) is 103. The number of hydrogen-bond donors (Lipinski definition) is 10. The molecule has 0 radical (unpaired) electrons. The van der Waals surface area contributed by atoms with Crippen molar-refractivity contribution in [3.8, 4) is 46.3 Å².